The number of hydrogen-bond acceptors (Lipinski definition) is 4. The Morgan fingerprint density at radius 3 is 2.69 bits per heavy atom. The fraction of sp³-hybridized carbons (Fsp3) is 0.545. The van der Waals surface area contributed by atoms with Gasteiger partial charge in [-0.25, -0.2) is 9.37 Å². The molecule has 156 valence electrons. The van der Waals surface area contributed by atoms with E-state index in [9.17, 15) is 9.18 Å². The Balaban J connectivity index is 1.26. The van der Waals surface area contributed by atoms with Gasteiger partial charge in [-0.1, -0.05) is 12.1 Å². The first-order chi connectivity index (χ1) is 14.1. The van der Waals surface area contributed by atoms with Gasteiger partial charge in [-0.2, -0.15) is 0 Å². The number of aryl methyl sites for hydroxylation is 1. The summed E-state index contributed by atoms with van der Waals surface area (Å²) in [5.74, 6) is 1.60. The number of anilines is 1. The van der Waals surface area contributed by atoms with Crippen LogP contribution in [0.4, 0.5) is 10.1 Å². The molecule has 2 fully saturated rings. The molecular weight excluding hydrogens is 369 g/mol. The standard InChI is InChI=1S/C22H30FN5O/c1-18-24-8-10-28(18)16-19-5-4-9-25(15-19)17-22(29)27-13-11-26(12-14-27)21-7-3-2-6-20(21)23/h2-3,6-8,10,19H,4-5,9,11-17H2,1H3. The quantitative estimate of drug-likeness (QED) is 0.775. The van der Waals surface area contributed by atoms with Crippen LogP contribution in [0.1, 0.15) is 18.7 Å². The van der Waals surface area contributed by atoms with Crippen molar-refractivity contribution in [1.82, 2.24) is 19.4 Å². The fourth-order valence-electron chi connectivity index (χ4n) is 4.51. The SMILES string of the molecule is Cc1nccn1CC1CCCN(CC(=O)N2CCN(c3ccccc3F)CC2)C1. The van der Waals surface area contributed by atoms with Gasteiger partial charge in [0.2, 0.25) is 5.91 Å². The summed E-state index contributed by atoms with van der Waals surface area (Å²) in [5.41, 5.74) is 0.633. The van der Waals surface area contributed by atoms with E-state index in [-0.39, 0.29) is 11.7 Å². The summed E-state index contributed by atoms with van der Waals surface area (Å²) < 4.78 is 16.2. The summed E-state index contributed by atoms with van der Waals surface area (Å²) in [6, 6.07) is 6.86. The maximum Gasteiger partial charge on any atom is 0.236 e. The molecule has 4 rings (SSSR count). The van der Waals surface area contributed by atoms with Gasteiger partial charge in [-0.15, -0.1) is 0 Å². The summed E-state index contributed by atoms with van der Waals surface area (Å²) in [5, 5.41) is 0. The minimum atomic E-state index is -0.195. The van der Waals surface area contributed by atoms with Crippen molar-refractivity contribution in [1.29, 1.82) is 0 Å². The Labute approximate surface area is 171 Å². The van der Waals surface area contributed by atoms with Crippen LogP contribution in [0.15, 0.2) is 36.7 Å². The van der Waals surface area contributed by atoms with Crippen LogP contribution in [0.3, 0.4) is 0 Å². The molecule has 1 aromatic carbocycles. The van der Waals surface area contributed by atoms with Crippen LogP contribution < -0.4 is 4.90 Å². The van der Waals surface area contributed by atoms with Gasteiger partial charge in [0.05, 0.1) is 12.2 Å². The summed E-state index contributed by atoms with van der Waals surface area (Å²) in [7, 11) is 0. The van der Waals surface area contributed by atoms with E-state index in [0.29, 0.717) is 44.3 Å². The van der Waals surface area contributed by atoms with Crippen molar-refractivity contribution >= 4 is 11.6 Å². The number of nitrogens with zero attached hydrogens (tertiary/aromatic N) is 5. The average Bonchev–Trinajstić information content (AvgIpc) is 3.13. The predicted octanol–water partition coefficient (Wildman–Crippen LogP) is 2.39. The molecule has 0 aliphatic carbocycles. The zero-order chi connectivity index (χ0) is 20.2. The molecule has 2 saturated heterocycles. The van der Waals surface area contributed by atoms with Gasteiger partial charge in [-0.3, -0.25) is 9.69 Å². The molecule has 0 bridgehead atoms. The Hall–Kier alpha value is -2.41. The lowest BCUT2D eigenvalue weighted by Crippen LogP contribution is -2.52. The number of aromatic nitrogens is 2. The summed E-state index contributed by atoms with van der Waals surface area (Å²) in [4.78, 5) is 23.4. The Morgan fingerprint density at radius 1 is 1.17 bits per heavy atom. The zero-order valence-electron chi connectivity index (χ0n) is 17.1. The lowest BCUT2D eigenvalue weighted by atomic mass is 9.98. The monoisotopic (exact) mass is 399 g/mol. The lowest BCUT2D eigenvalue weighted by Gasteiger charge is -2.38. The number of carbonyl (C=O) groups is 1. The average molecular weight is 400 g/mol. The number of hydrogen-bond donors (Lipinski definition) is 0. The number of imidazole rings is 1. The van der Waals surface area contributed by atoms with E-state index in [2.05, 4.69) is 14.5 Å². The third kappa shape index (κ3) is 4.78. The zero-order valence-corrected chi connectivity index (χ0v) is 17.1. The van der Waals surface area contributed by atoms with Crippen LogP contribution in [0.2, 0.25) is 0 Å². The number of amides is 1. The van der Waals surface area contributed by atoms with Crippen molar-refractivity contribution in [3.05, 3.63) is 48.3 Å². The molecule has 1 unspecified atom stereocenters. The minimum absolute atomic E-state index is 0.192. The largest absolute Gasteiger partial charge is 0.366 e. The second-order valence-corrected chi connectivity index (χ2v) is 8.19. The number of halogens is 1. The number of likely N-dealkylation sites (tertiary alicyclic amines) is 1. The van der Waals surface area contributed by atoms with Crippen molar-refractivity contribution in [3.63, 3.8) is 0 Å². The smallest absolute Gasteiger partial charge is 0.236 e. The van der Waals surface area contributed by atoms with Crippen molar-refractivity contribution in [2.75, 3.05) is 50.7 Å². The molecule has 1 atom stereocenters. The third-order valence-corrected chi connectivity index (χ3v) is 6.17. The van der Waals surface area contributed by atoms with Gasteiger partial charge >= 0.3 is 0 Å². The van der Waals surface area contributed by atoms with Crippen LogP contribution in [0.5, 0.6) is 0 Å². The highest BCUT2D eigenvalue weighted by atomic mass is 19.1. The summed E-state index contributed by atoms with van der Waals surface area (Å²) >= 11 is 0. The molecule has 1 amide bonds. The molecule has 29 heavy (non-hydrogen) atoms. The number of piperidine rings is 1. The van der Waals surface area contributed by atoms with Crippen molar-refractivity contribution in [2.45, 2.75) is 26.3 Å². The highest BCUT2D eigenvalue weighted by Gasteiger charge is 2.26. The molecule has 7 heteroatoms. The Bertz CT molecular complexity index is 830. The fourth-order valence-corrected chi connectivity index (χ4v) is 4.51. The van der Waals surface area contributed by atoms with Crippen LogP contribution in [0.25, 0.3) is 0 Å². The number of rotatable bonds is 5. The van der Waals surface area contributed by atoms with Crippen LogP contribution in [0, 0.1) is 18.7 Å². The number of benzene rings is 1. The normalized spacial score (nSPS) is 20.8. The number of piperazine rings is 1. The molecule has 0 saturated carbocycles. The minimum Gasteiger partial charge on any atom is -0.366 e. The van der Waals surface area contributed by atoms with Crippen molar-refractivity contribution in [2.24, 2.45) is 5.92 Å². The molecule has 2 aliphatic rings. The van der Waals surface area contributed by atoms with E-state index in [4.69, 9.17) is 0 Å². The van der Waals surface area contributed by atoms with E-state index in [1.807, 2.05) is 41.2 Å². The van der Waals surface area contributed by atoms with Crippen LogP contribution >= 0.6 is 0 Å². The van der Waals surface area contributed by atoms with Gasteiger partial charge in [0.1, 0.15) is 11.6 Å². The Morgan fingerprint density at radius 2 is 1.97 bits per heavy atom. The molecule has 0 spiro atoms. The van der Waals surface area contributed by atoms with Crippen molar-refractivity contribution in [3.8, 4) is 0 Å². The molecular formula is C22H30FN5O. The van der Waals surface area contributed by atoms with Gasteiger partial charge in [0, 0.05) is 51.7 Å². The maximum absolute atomic E-state index is 14.0. The second kappa shape index (κ2) is 8.95. The number of para-hydroxylation sites is 1. The van der Waals surface area contributed by atoms with Crippen LogP contribution in [-0.4, -0.2) is 71.1 Å². The lowest BCUT2D eigenvalue weighted by molar-refractivity contribution is -0.133. The number of carbonyl (C=O) groups excluding carboxylic acids is 1. The predicted molar refractivity (Wildman–Crippen MR) is 111 cm³/mol. The second-order valence-electron chi connectivity index (χ2n) is 8.19. The topological polar surface area (TPSA) is 44.6 Å². The van der Waals surface area contributed by atoms with E-state index in [1.54, 1.807) is 6.07 Å². The molecule has 0 N–H and O–H groups in total. The van der Waals surface area contributed by atoms with Gasteiger partial charge in [0.15, 0.2) is 0 Å². The van der Waals surface area contributed by atoms with Gasteiger partial charge < -0.3 is 14.4 Å². The molecule has 0 radical (unpaired) electrons. The molecule has 1 aromatic heterocycles. The first-order valence-corrected chi connectivity index (χ1v) is 10.6. The van der Waals surface area contributed by atoms with E-state index < -0.39 is 0 Å². The summed E-state index contributed by atoms with van der Waals surface area (Å²) in [6.45, 7) is 8.09. The van der Waals surface area contributed by atoms with E-state index in [1.165, 1.54) is 12.5 Å². The Kier molecular flexibility index (Phi) is 6.13. The maximum atomic E-state index is 14.0. The highest BCUT2D eigenvalue weighted by molar-refractivity contribution is 5.78. The summed E-state index contributed by atoms with van der Waals surface area (Å²) in [6.07, 6.45) is 6.21. The first kappa shape index (κ1) is 19.9. The third-order valence-electron chi connectivity index (χ3n) is 6.17. The van der Waals surface area contributed by atoms with E-state index >= 15 is 0 Å². The van der Waals surface area contributed by atoms with Crippen LogP contribution in [-0.2, 0) is 11.3 Å². The first-order valence-electron chi connectivity index (χ1n) is 10.6. The van der Waals surface area contributed by atoms with E-state index in [0.717, 1.165) is 31.9 Å². The molecule has 6 nitrogen and oxygen atoms in total. The van der Waals surface area contributed by atoms with Gasteiger partial charge in [0.25, 0.3) is 0 Å². The van der Waals surface area contributed by atoms with Crippen molar-refractivity contribution < 1.29 is 9.18 Å². The highest BCUT2D eigenvalue weighted by Crippen LogP contribution is 2.21. The molecule has 3 heterocycles. The molecule has 2 aliphatic heterocycles. The van der Waals surface area contributed by atoms with Gasteiger partial charge in [-0.05, 0) is 44.4 Å². The molecule has 2 aromatic rings.